The molecule has 0 saturated carbocycles. The van der Waals surface area contributed by atoms with Gasteiger partial charge < -0.3 is 15.5 Å². The summed E-state index contributed by atoms with van der Waals surface area (Å²) in [5.74, 6) is -1.14. The Hall–Kier alpha value is -2.42. The number of aliphatic carboxylic acids is 1. The highest BCUT2D eigenvalue weighted by Crippen LogP contribution is 2.31. The lowest BCUT2D eigenvalue weighted by Gasteiger charge is -2.25. The molecular formula is C34H28Cl3I2N3O4. The molecule has 3 N–H and O–H groups in total. The van der Waals surface area contributed by atoms with Gasteiger partial charge in [-0.1, -0.05) is 71.2 Å². The van der Waals surface area contributed by atoms with E-state index in [1.807, 2.05) is 87.6 Å². The minimum atomic E-state index is -1.16. The highest BCUT2D eigenvalue weighted by atomic mass is 127. The summed E-state index contributed by atoms with van der Waals surface area (Å²) in [6.07, 6.45) is 1.63. The Balaban J connectivity index is 1.49. The third kappa shape index (κ3) is 8.53. The van der Waals surface area contributed by atoms with Gasteiger partial charge in [0.2, 0.25) is 5.91 Å². The third-order valence-corrected chi connectivity index (χ3v) is 10.3. The number of likely N-dealkylation sites (tertiary alicyclic amines) is 1. The molecule has 0 radical (unpaired) electrons. The summed E-state index contributed by atoms with van der Waals surface area (Å²) < 4.78 is 1.24. The highest BCUT2D eigenvalue weighted by molar-refractivity contribution is 14.1. The number of carboxylic acids is 1. The Kier molecular flexibility index (Phi) is 11.9. The molecule has 0 spiro atoms. The number of amides is 1. The lowest BCUT2D eigenvalue weighted by atomic mass is 9.98. The Morgan fingerprint density at radius 3 is 2.33 bits per heavy atom. The molecule has 238 valence electrons. The van der Waals surface area contributed by atoms with Crippen molar-refractivity contribution in [2.45, 2.75) is 37.9 Å². The molecule has 1 heterocycles. The predicted molar refractivity (Wildman–Crippen MR) is 201 cm³/mol. The number of anilines is 1. The topological polar surface area (TPSA) is 102 Å². The summed E-state index contributed by atoms with van der Waals surface area (Å²) in [6.45, 7) is 1.28. The summed E-state index contributed by atoms with van der Waals surface area (Å²) in [5, 5.41) is 25.0. The maximum Gasteiger partial charge on any atom is 0.328 e. The molecule has 2 atom stereocenters. The van der Waals surface area contributed by atoms with Crippen molar-refractivity contribution in [3.8, 4) is 5.75 Å². The van der Waals surface area contributed by atoms with Gasteiger partial charge in [0, 0.05) is 29.1 Å². The second-order valence-electron chi connectivity index (χ2n) is 10.9. The number of rotatable bonds is 10. The first-order chi connectivity index (χ1) is 22.0. The lowest BCUT2D eigenvalue weighted by molar-refractivity contribution is -0.138. The quantitative estimate of drug-likeness (QED) is 0.109. The summed E-state index contributed by atoms with van der Waals surface area (Å²) >= 11 is 22.9. The van der Waals surface area contributed by atoms with E-state index in [-0.39, 0.29) is 24.1 Å². The Morgan fingerprint density at radius 2 is 1.65 bits per heavy atom. The molecule has 1 aliphatic heterocycles. The zero-order valence-electron chi connectivity index (χ0n) is 24.2. The number of carbonyl (C=O) groups is 2. The first kappa shape index (κ1) is 34.9. The van der Waals surface area contributed by atoms with E-state index in [9.17, 15) is 19.8 Å². The first-order valence-corrected chi connectivity index (χ1v) is 17.6. The number of aliphatic imine (C=N–C) groups is 1. The molecule has 12 heteroatoms. The van der Waals surface area contributed by atoms with Crippen molar-refractivity contribution in [1.82, 2.24) is 4.90 Å². The molecule has 0 aromatic heterocycles. The van der Waals surface area contributed by atoms with Crippen LogP contribution in [0.3, 0.4) is 0 Å². The minimum absolute atomic E-state index is 0.0892. The third-order valence-electron chi connectivity index (χ3n) is 7.65. The van der Waals surface area contributed by atoms with Crippen LogP contribution < -0.4 is 5.32 Å². The maximum absolute atomic E-state index is 13.8. The fraction of sp³-hybridized carbons (Fsp3) is 0.206. The van der Waals surface area contributed by atoms with Gasteiger partial charge in [-0.3, -0.25) is 14.7 Å². The number of hydrogen-bond acceptors (Lipinski definition) is 5. The largest absolute Gasteiger partial charge is 0.506 e. The Morgan fingerprint density at radius 1 is 0.935 bits per heavy atom. The zero-order valence-corrected chi connectivity index (χ0v) is 30.8. The summed E-state index contributed by atoms with van der Waals surface area (Å²) in [6, 6.07) is 21.7. The summed E-state index contributed by atoms with van der Waals surface area (Å²) in [4.78, 5) is 33.3. The number of phenols is 1. The van der Waals surface area contributed by atoms with Gasteiger partial charge in [-0.05, 0) is 118 Å². The van der Waals surface area contributed by atoms with E-state index in [0.29, 0.717) is 57.7 Å². The molecule has 5 rings (SSSR count). The summed E-state index contributed by atoms with van der Waals surface area (Å²) in [7, 11) is 0. The van der Waals surface area contributed by atoms with Crippen LogP contribution in [-0.4, -0.2) is 51.3 Å². The average Bonchev–Trinajstić information content (AvgIpc) is 3.49. The van der Waals surface area contributed by atoms with E-state index >= 15 is 0 Å². The van der Waals surface area contributed by atoms with Crippen LogP contribution in [0.5, 0.6) is 5.75 Å². The smallest absolute Gasteiger partial charge is 0.328 e. The molecular weight excluding hydrogens is 875 g/mol. The molecule has 1 fully saturated rings. The Labute approximate surface area is 309 Å². The van der Waals surface area contributed by atoms with E-state index in [2.05, 4.69) is 10.2 Å². The van der Waals surface area contributed by atoms with Crippen LogP contribution in [0.25, 0.3) is 0 Å². The molecule has 1 saturated heterocycles. The number of benzene rings is 4. The molecule has 4 aromatic rings. The number of hydrogen-bond donors (Lipinski definition) is 3. The van der Waals surface area contributed by atoms with Crippen LogP contribution in [-0.2, 0) is 22.6 Å². The van der Waals surface area contributed by atoms with Crippen LogP contribution in [0.2, 0.25) is 15.1 Å². The van der Waals surface area contributed by atoms with Crippen molar-refractivity contribution < 1.29 is 19.8 Å². The molecule has 0 bridgehead atoms. The monoisotopic (exact) mass is 901 g/mol. The normalized spacial score (nSPS) is 15.9. The van der Waals surface area contributed by atoms with E-state index in [1.54, 1.807) is 36.4 Å². The number of nitrogens with zero attached hydrogens (tertiary/aromatic N) is 2. The van der Waals surface area contributed by atoms with Gasteiger partial charge >= 0.3 is 5.97 Å². The van der Waals surface area contributed by atoms with Crippen LogP contribution >= 0.6 is 80.0 Å². The number of halogens is 5. The fourth-order valence-electron chi connectivity index (χ4n) is 5.42. The predicted octanol–water partition coefficient (Wildman–Crippen LogP) is 8.70. The Bertz CT molecular complexity index is 1780. The van der Waals surface area contributed by atoms with Crippen LogP contribution in [0.4, 0.5) is 5.69 Å². The minimum Gasteiger partial charge on any atom is -0.506 e. The van der Waals surface area contributed by atoms with E-state index in [1.165, 1.54) is 0 Å². The van der Waals surface area contributed by atoms with E-state index < -0.39 is 12.0 Å². The maximum atomic E-state index is 13.8. The highest BCUT2D eigenvalue weighted by Gasteiger charge is 2.31. The van der Waals surface area contributed by atoms with Crippen molar-refractivity contribution in [3.63, 3.8) is 0 Å². The molecule has 1 aliphatic rings. The van der Waals surface area contributed by atoms with Gasteiger partial charge in [0.25, 0.3) is 0 Å². The second kappa shape index (κ2) is 15.7. The van der Waals surface area contributed by atoms with E-state index in [0.717, 1.165) is 24.1 Å². The number of phenolic OH excluding ortho intramolecular Hbond substituents is 1. The van der Waals surface area contributed by atoms with Crippen molar-refractivity contribution in [3.05, 3.63) is 123 Å². The van der Waals surface area contributed by atoms with E-state index in [4.69, 9.17) is 39.8 Å². The zero-order chi connectivity index (χ0) is 33.0. The number of aromatic hydroxyl groups is 1. The number of carboxylic acid groups (broad SMARTS) is 1. The standard InChI is InChI=1S/C34H28Cl3I2N3O4/c35-22-9-11-28(41-33(44)30-7-4-12-42(30)18-19-8-10-24(36)25(37)13-19)23(17-22)31(21-5-2-1-3-6-21)40-29(34(45)46)16-20-14-26(38)32(43)27(39)15-20/h1-3,5-6,8-11,13-15,17,29-30,43H,4,7,12,16,18H2,(H,41,44)(H,45,46)/t29-,30-/m0/s1. The SMILES string of the molecule is O=C(O)[C@H](Cc1cc(I)c(O)c(I)c1)N=C(c1ccccc1)c1cc(Cl)ccc1NC(=O)[C@@H]1CCCN1Cc1ccc(Cl)c(Cl)c1. The van der Waals surface area contributed by atoms with Gasteiger partial charge in [-0.2, -0.15) is 0 Å². The first-order valence-electron chi connectivity index (χ1n) is 14.3. The molecule has 1 amide bonds. The second-order valence-corrected chi connectivity index (χ2v) is 14.4. The van der Waals surface area contributed by atoms with Crippen LogP contribution in [0.1, 0.15) is 35.1 Å². The fourth-order valence-corrected chi connectivity index (χ4v) is 7.81. The average molecular weight is 903 g/mol. The number of carbonyl (C=O) groups excluding carboxylic acids is 1. The molecule has 7 nitrogen and oxygen atoms in total. The van der Waals surface area contributed by atoms with Crippen molar-refractivity contribution in [1.29, 1.82) is 0 Å². The van der Waals surface area contributed by atoms with Crippen LogP contribution in [0, 0.1) is 7.14 Å². The van der Waals surface area contributed by atoms with Gasteiger partial charge in [0.15, 0.2) is 6.04 Å². The molecule has 0 unspecified atom stereocenters. The molecule has 0 aliphatic carbocycles. The van der Waals surface area contributed by atoms with Gasteiger partial charge in [0.1, 0.15) is 5.75 Å². The van der Waals surface area contributed by atoms with Crippen LogP contribution in [0.15, 0.2) is 83.9 Å². The molecule has 46 heavy (non-hydrogen) atoms. The van der Waals surface area contributed by atoms with Crippen molar-refractivity contribution in [2.24, 2.45) is 4.99 Å². The number of nitrogens with one attached hydrogen (secondary N) is 1. The van der Waals surface area contributed by atoms with Gasteiger partial charge in [-0.15, -0.1) is 0 Å². The lowest BCUT2D eigenvalue weighted by Crippen LogP contribution is -2.39. The van der Waals surface area contributed by atoms with Crippen molar-refractivity contribution in [2.75, 3.05) is 11.9 Å². The summed E-state index contributed by atoms with van der Waals surface area (Å²) in [5.41, 5.74) is 3.70. The van der Waals surface area contributed by atoms with Gasteiger partial charge in [-0.25, -0.2) is 4.79 Å². The molecule has 4 aromatic carbocycles. The van der Waals surface area contributed by atoms with Crippen molar-refractivity contribution >= 4 is 103 Å². The van der Waals surface area contributed by atoms with Gasteiger partial charge in [0.05, 0.1) is 34.6 Å².